The maximum absolute atomic E-state index is 12.3. The number of hydrogen-bond donors (Lipinski definition) is 2. The predicted molar refractivity (Wildman–Crippen MR) is 69.3 cm³/mol. The van der Waals surface area contributed by atoms with Crippen LogP contribution in [0.25, 0.3) is 5.65 Å². The molecule has 0 saturated heterocycles. The van der Waals surface area contributed by atoms with Crippen molar-refractivity contribution in [1.82, 2.24) is 19.9 Å². The summed E-state index contributed by atoms with van der Waals surface area (Å²) in [5.41, 5.74) is 0.212. The Kier molecular flexibility index (Phi) is 2.89. The third kappa shape index (κ3) is 2.11. The van der Waals surface area contributed by atoms with Crippen molar-refractivity contribution in [1.29, 1.82) is 0 Å². The van der Waals surface area contributed by atoms with Crippen molar-refractivity contribution in [3.8, 4) is 0 Å². The van der Waals surface area contributed by atoms with Crippen molar-refractivity contribution >= 4 is 17.5 Å². The number of nitrogens with one attached hydrogen (secondary N) is 1. The van der Waals surface area contributed by atoms with Gasteiger partial charge in [-0.2, -0.15) is 5.10 Å². The van der Waals surface area contributed by atoms with Gasteiger partial charge in [-0.3, -0.25) is 9.59 Å². The van der Waals surface area contributed by atoms with E-state index in [9.17, 15) is 9.59 Å². The van der Waals surface area contributed by atoms with Gasteiger partial charge in [-0.15, -0.1) is 0 Å². The van der Waals surface area contributed by atoms with E-state index in [1.54, 1.807) is 18.5 Å². The molecule has 0 radical (unpaired) electrons. The van der Waals surface area contributed by atoms with Crippen LogP contribution in [0, 0.1) is 0 Å². The Hall–Kier alpha value is -2.44. The largest absolute Gasteiger partial charge is 0.481 e. The second kappa shape index (κ2) is 4.59. The van der Waals surface area contributed by atoms with Crippen molar-refractivity contribution in [2.75, 3.05) is 0 Å². The van der Waals surface area contributed by atoms with Crippen molar-refractivity contribution in [2.24, 2.45) is 0 Å². The lowest BCUT2D eigenvalue weighted by molar-refractivity contribution is -0.139. The minimum atomic E-state index is -0.900. The second-order valence-corrected chi connectivity index (χ2v) is 5.10. The molecule has 20 heavy (non-hydrogen) atoms. The molecule has 1 saturated carbocycles. The van der Waals surface area contributed by atoms with Crippen molar-refractivity contribution in [3.63, 3.8) is 0 Å². The Balaban J connectivity index is 1.84. The van der Waals surface area contributed by atoms with Gasteiger partial charge in [0.15, 0.2) is 5.65 Å². The van der Waals surface area contributed by atoms with E-state index < -0.39 is 11.5 Å². The topological polar surface area (TPSA) is 96.6 Å². The molecule has 1 amide bonds. The summed E-state index contributed by atoms with van der Waals surface area (Å²) in [4.78, 5) is 27.3. The number of fused-ring (bicyclic) bond motifs is 1. The summed E-state index contributed by atoms with van der Waals surface area (Å²) in [6.07, 6.45) is 7.01. The van der Waals surface area contributed by atoms with Crippen LogP contribution in [0.15, 0.2) is 24.7 Å². The molecule has 1 fully saturated rings. The highest BCUT2D eigenvalue weighted by molar-refractivity contribution is 6.00. The average molecular weight is 274 g/mol. The fraction of sp³-hybridized carbons (Fsp3) is 0.385. The number of carboxylic acid groups (broad SMARTS) is 1. The minimum Gasteiger partial charge on any atom is -0.481 e. The minimum absolute atomic E-state index is 0.0502. The molecule has 0 spiro atoms. The first kappa shape index (κ1) is 12.6. The summed E-state index contributed by atoms with van der Waals surface area (Å²) in [6.45, 7) is 0. The van der Waals surface area contributed by atoms with E-state index in [2.05, 4.69) is 15.4 Å². The van der Waals surface area contributed by atoms with Crippen LogP contribution in [0.1, 0.15) is 36.0 Å². The van der Waals surface area contributed by atoms with Gasteiger partial charge in [0.25, 0.3) is 5.91 Å². The Labute approximate surface area is 114 Å². The van der Waals surface area contributed by atoms with Gasteiger partial charge in [0, 0.05) is 12.4 Å². The molecule has 0 atom stereocenters. The highest BCUT2D eigenvalue weighted by Crippen LogP contribution is 2.35. The summed E-state index contributed by atoms with van der Waals surface area (Å²) < 4.78 is 1.51. The van der Waals surface area contributed by atoms with Gasteiger partial charge in [-0.1, -0.05) is 0 Å². The Morgan fingerprint density at radius 1 is 1.45 bits per heavy atom. The molecular weight excluding hydrogens is 260 g/mol. The van der Waals surface area contributed by atoms with Crippen molar-refractivity contribution in [3.05, 3.63) is 30.2 Å². The lowest BCUT2D eigenvalue weighted by Crippen LogP contribution is -2.54. The smallest absolute Gasteiger partial charge is 0.305 e. The number of carboxylic acids is 1. The first-order valence-electron chi connectivity index (χ1n) is 6.42. The molecule has 1 aliphatic rings. The zero-order valence-electron chi connectivity index (χ0n) is 10.7. The quantitative estimate of drug-likeness (QED) is 0.861. The van der Waals surface area contributed by atoms with Crippen LogP contribution in [-0.4, -0.2) is 37.1 Å². The standard InChI is InChI=1S/C13H14N4O3/c18-10(19)7-13(3-1-4-13)16-12(20)9-8-15-17-6-2-5-14-11(9)17/h2,5-6,8H,1,3-4,7H2,(H,16,20)(H,18,19). The van der Waals surface area contributed by atoms with Gasteiger partial charge in [0.05, 0.1) is 18.2 Å². The van der Waals surface area contributed by atoms with Crippen LogP contribution in [0.5, 0.6) is 0 Å². The monoisotopic (exact) mass is 274 g/mol. The zero-order valence-corrected chi connectivity index (χ0v) is 10.7. The first-order chi connectivity index (χ1) is 9.60. The van der Waals surface area contributed by atoms with E-state index in [1.807, 2.05) is 0 Å². The van der Waals surface area contributed by atoms with Gasteiger partial charge in [0.1, 0.15) is 5.56 Å². The number of aliphatic carboxylic acids is 1. The van der Waals surface area contributed by atoms with E-state index >= 15 is 0 Å². The lowest BCUT2D eigenvalue weighted by atomic mass is 9.74. The highest BCUT2D eigenvalue weighted by atomic mass is 16.4. The molecular formula is C13H14N4O3. The molecule has 2 heterocycles. The molecule has 2 aromatic heterocycles. The van der Waals surface area contributed by atoms with Crippen LogP contribution >= 0.6 is 0 Å². The summed E-state index contributed by atoms with van der Waals surface area (Å²) in [5, 5.41) is 15.8. The van der Waals surface area contributed by atoms with Gasteiger partial charge in [-0.25, -0.2) is 9.50 Å². The normalized spacial score (nSPS) is 16.6. The SMILES string of the molecule is O=C(O)CC1(NC(=O)c2cnn3cccnc23)CCC1. The summed E-state index contributed by atoms with van der Waals surface area (Å²) in [6, 6.07) is 1.72. The van der Waals surface area contributed by atoms with Gasteiger partial charge in [-0.05, 0) is 25.3 Å². The van der Waals surface area contributed by atoms with Crippen molar-refractivity contribution in [2.45, 2.75) is 31.2 Å². The molecule has 2 aromatic rings. The Morgan fingerprint density at radius 2 is 2.25 bits per heavy atom. The van der Waals surface area contributed by atoms with Gasteiger partial charge in [0.2, 0.25) is 0 Å². The molecule has 0 aromatic carbocycles. The molecule has 1 aliphatic carbocycles. The van der Waals surface area contributed by atoms with Crippen molar-refractivity contribution < 1.29 is 14.7 Å². The number of amides is 1. The van der Waals surface area contributed by atoms with E-state index in [4.69, 9.17) is 5.11 Å². The number of hydrogen-bond acceptors (Lipinski definition) is 4. The van der Waals surface area contributed by atoms with E-state index in [-0.39, 0.29) is 12.3 Å². The molecule has 7 nitrogen and oxygen atoms in total. The summed E-state index contributed by atoms with van der Waals surface area (Å²) in [7, 11) is 0. The van der Waals surface area contributed by atoms with Crippen LogP contribution in [-0.2, 0) is 4.79 Å². The molecule has 0 aliphatic heterocycles. The third-order valence-corrected chi connectivity index (χ3v) is 3.70. The molecule has 104 valence electrons. The van der Waals surface area contributed by atoms with E-state index in [0.29, 0.717) is 24.1 Å². The number of rotatable bonds is 4. The summed E-state index contributed by atoms with van der Waals surface area (Å²) >= 11 is 0. The van der Waals surface area contributed by atoms with Crippen LogP contribution in [0.3, 0.4) is 0 Å². The number of carbonyl (C=O) groups excluding carboxylic acids is 1. The number of carbonyl (C=O) groups is 2. The number of nitrogens with zero attached hydrogens (tertiary/aromatic N) is 3. The molecule has 3 rings (SSSR count). The van der Waals surface area contributed by atoms with E-state index in [1.165, 1.54) is 10.7 Å². The maximum Gasteiger partial charge on any atom is 0.305 e. The Bertz CT molecular complexity index is 675. The van der Waals surface area contributed by atoms with Gasteiger partial charge < -0.3 is 10.4 Å². The lowest BCUT2D eigenvalue weighted by Gasteiger charge is -2.41. The third-order valence-electron chi connectivity index (χ3n) is 3.70. The molecule has 0 unspecified atom stereocenters. The summed E-state index contributed by atoms with van der Waals surface area (Å²) in [5.74, 6) is -1.22. The Morgan fingerprint density at radius 3 is 2.90 bits per heavy atom. The molecule has 2 N–H and O–H groups in total. The second-order valence-electron chi connectivity index (χ2n) is 5.10. The van der Waals surface area contributed by atoms with Crippen LogP contribution in [0.4, 0.5) is 0 Å². The predicted octanol–water partition coefficient (Wildman–Crippen LogP) is 0.856. The maximum atomic E-state index is 12.3. The van der Waals surface area contributed by atoms with Crippen LogP contribution < -0.4 is 5.32 Å². The number of aromatic nitrogens is 3. The fourth-order valence-corrected chi connectivity index (χ4v) is 2.53. The molecule has 7 heteroatoms. The van der Waals surface area contributed by atoms with E-state index in [0.717, 1.165) is 6.42 Å². The van der Waals surface area contributed by atoms with Gasteiger partial charge >= 0.3 is 5.97 Å². The average Bonchev–Trinajstić information content (AvgIpc) is 2.79. The zero-order chi connectivity index (χ0) is 14.2. The first-order valence-corrected chi connectivity index (χ1v) is 6.42. The highest BCUT2D eigenvalue weighted by Gasteiger charge is 2.40. The van der Waals surface area contributed by atoms with Crippen LogP contribution in [0.2, 0.25) is 0 Å². The fourth-order valence-electron chi connectivity index (χ4n) is 2.53. The molecule has 0 bridgehead atoms.